The SMILES string of the molecule is CCS(=O)(=O)NC1CCN(C(=O)NCc2ccc(C(=O)O)cc2)CC1. The van der Waals surface area contributed by atoms with E-state index in [9.17, 15) is 18.0 Å². The molecule has 0 spiro atoms. The van der Waals surface area contributed by atoms with Gasteiger partial charge in [-0.2, -0.15) is 0 Å². The van der Waals surface area contributed by atoms with Crippen molar-refractivity contribution in [3.05, 3.63) is 35.4 Å². The predicted octanol–water partition coefficient (Wildman–Crippen LogP) is 0.998. The summed E-state index contributed by atoms with van der Waals surface area (Å²) in [5.41, 5.74) is 1.01. The molecule has 1 fully saturated rings. The fourth-order valence-electron chi connectivity index (χ4n) is 2.59. The molecule has 25 heavy (non-hydrogen) atoms. The van der Waals surface area contributed by atoms with Crippen LogP contribution in [-0.2, 0) is 16.6 Å². The lowest BCUT2D eigenvalue weighted by Crippen LogP contribution is -2.49. The third-order valence-corrected chi connectivity index (χ3v) is 5.61. The van der Waals surface area contributed by atoms with E-state index in [0.29, 0.717) is 32.5 Å². The molecule has 3 N–H and O–H groups in total. The average Bonchev–Trinajstić information content (AvgIpc) is 2.60. The Morgan fingerprint density at radius 1 is 1.20 bits per heavy atom. The maximum Gasteiger partial charge on any atom is 0.335 e. The van der Waals surface area contributed by atoms with Crippen LogP contribution >= 0.6 is 0 Å². The molecule has 1 heterocycles. The van der Waals surface area contributed by atoms with E-state index in [1.807, 2.05) is 0 Å². The lowest BCUT2D eigenvalue weighted by Gasteiger charge is -2.32. The largest absolute Gasteiger partial charge is 0.478 e. The van der Waals surface area contributed by atoms with Gasteiger partial charge in [-0.25, -0.2) is 22.7 Å². The summed E-state index contributed by atoms with van der Waals surface area (Å²) in [6, 6.07) is 5.98. The third-order valence-electron chi connectivity index (χ3n) is 4.15. The topological polar surface area (TPSA) is 116 Å². The molecule has 0 saturated carbocycles. The number of rotatable bonds is 6. The Morgan fingerprint density at radius 2 is 1.80 bits per heavy atom. The fraction of sp³-hybridized carbons (Fsp3) is 0.500. The monoisotopic (exact) mass is 369 g/mol. The summed E-state index contributed by atoms with van der Waals surface area (Å²) in [5.74, 6) is -0.939. The van der Waals surface area contributed by atoms with Gasteiger partial charge in [0.2, 0.25) is 10.0 Å². The van der Waals surface area contributed by atoms with Crippen molar-refractivity contribution in [2.24, 2.45) is 0 Å². The molecule has 1 aromatic carbocycles. The number of carboxylic acids is 1. The molecule has 2 amide bonds. The summed E-state index contributed by atoms with van der Waals surface area (Å²) in [7, 11) is -3.22. The van der Waals surface area contributed by atoms with E-state index in [-0.39, 0.29) is 23.4 Å². The van der Waals surface area contributed by atoms with E-state index in [1.54, 1.807) is 24.0 Å². The normalized spacial score (nSPS) is 15.8. The van der Waals surface area contributed by atoms with Crippen LogP contribution in [0, 0.1) is 0 Å². The highest BCUT2D eigenvalue weighted by atomic mass is 32.2. The molecule has 138 valence electrons. The van der Waals surface area contributed by atoms with Crippen LogP contribution in [0.25, 0.3) is 0 Å². The molecule has 9 heteroatoms. The third kappa shape index (κ3) is 5.71. The molecule has 1 aliphatic heterocycles. The maximum absolute atomic E-state index is 12.2. The van der Waals surface area contributed by atoms with Gasteiger partial charge in [-0.3, -0.25) is 0 Å². The van der Waals surface area contributed by atoms with Gasteiger partial charge in [0, 0.05) is 25.7 Å². The summed E-state index contributed by atoms with van der Waals surface area (Å²) < 4.78 is 25.8. The van der Waals surface area contributed by atoms with Crippen LogP contribution in [0.2, 0.25) is 0 Å². The maximum atomic E-state index is 12.2. The van der Waals surface area contributed by atoms with Crippen molar-refractivity contribution in [3.63, 3.8) is 0 Å². The molecule has 1 aromatic rings. The first kappa shape index (κ1) is 19.2. The van der Waals surface area contributed by atoms with Gasteiger partial charge < -0.3 is 15.3 Å². The number of hydrogen-bond acceptors (Lipinski definition) is 4. The number of carboxylic acid groups (broad SMARTS) is 1. The number of benzene rings is 1. The number of carbonyl (C=O) groups excluding carboxylic acids is 1. The number of amides is 2. The van der Waals surface area contributed by atoms with Crippen LogP contribution in [0.3, 0.4) is 0 Å². The van der Waals surface area contributed by atoms with Gasteiger partial charge in [0.15, 0.2) is 0 Å². The minimum absolute atomic E-state index is 0.0500. The standard InChI is InChI=1S/C16H23N3O5S/c1-2-25(23,24)18-14-7-9-19(10-8-14)16(22)17-11-12-3-5-13(6-4-12)15(20)21/h3-6,14,18H,2,7-11H2,1H3,(H,17,22)(H,20,21). The Kier molecular flexibility index (Phi) is 6.38. The van der Waals surface area contributed by atoms with E-state index in [4.69, 9.17) is 5.11 Å². The predicted molar refractivity (Wildman–Crippen MR) is 92.8 cm³/mol. The van der Waals surface area contributed by atoms with Gasteiger partial charge in [0.25, 0.3) is 0 Å². The molecule has 0 radical (unpaired) electrons. The number of carbonyl (C=O) groups is 2. The van der Waals surface area contributed by atoms with Gasteiger partial charge in [-0.1, -0.05) is 12.1 Å². The molecule has 8 nitrogen and oxygen atoms in total. The molecular weight excluding hydrogens is 346 g/mol. The average molecular weight is 369 g/mol. The van der Waals surface area contributed by atoms with E-state index in [0.717, 1.165) is 5.56 Å². The van der Waals surface area contributed by atoms with E-state index < -0.39 is 16.0 Å². The first-order valence-corrected chi connectivity index (χ1v) is 9.81. The summed E-state index contributed by atoms with van der Waals surface area (Å²) in [5, 5.41) is 11.6. The van der Waals surface area contributed by atoms with Crippen LogP contribution in [0.1, 0.15) is 35.7 Å². The Bertz CT molecular complexity index is 710. The smallest absolute Gasteiger partial charge is 0.335 e. The zero-order valence-corrected chi connectivity index (χ0v) is 14.9. The lowest BCUT2D eigenvalue weighted by atomic mass is 10.1. The molecule has 2 rings (SSSR count). The Labute approximate surface area is 147 Å². The van der Waals surface area contributed by atoms with E-state index in [1.165, 1.54) is 12.1 Å². The van der Waals surface area contributed by atoms with Crippen LogP contribution in [0.15, 0.2) is 24.3 Å². The summed E-state index contributed by atoms with van der Waals surface area (Å²) >= 11 is 0. The lowest BCUT2D eigenvalue weighted by molar-refractivity contribution is 0.0696. The van der Waals surface area contributed by atoms with Crippen molar-refractivity contribution in [1.82, 2.24) is 14.9 Å². The van der Waals surface area contributed by atoms with E-state index in [2.05, 4.69) is 10.0 Å². The quantitative estimate of drug-likeness (QED) is 0.692. The van der Waals surface area contributed by atoms with Crippen molar-refractivity contribution < 1.29 is 23.1 Å². The van der Waals surface area contributed by atoms with Gasteiger partial charge in [-0.05, 0) is 37.5 Å². The number of aromatic carboxylic acids is 1. The minimum Gasteiger partial charge on any atom is -0.478 e. The molecular formula is C16H23N3O5S. The second-order valence-electron chi connectivity index (χ2n) is 5.94. The van der Waals surface area contributed by atoms with Gasteiger partial charge in [0.1, 0.15) is 0 Å². The van der Waals surface area contributed by atoms with Crippen LogP contribution in [0.5, 0.6) is 0 Å². The van der Waals surface area contributed by atoms with Crippen LogP contribution in [-0.4, -0.2) is 55.3 Å². The van der Waals surface area contributed by atoms with Crippen molar-refractivity contribution >= 4 is 22.0 Å². The number of sulfonamides is 1. The number of nitrogens with zero attached hydrogens (tertiary/aromatic N) is 1. The van der Waals surface area contributed by atoms with Crippen molar-refractivity contribution in [1.29, 1.82) is 0 Å². The molecule has 0 atom stereocenters. The second kappa shape index (κ2) is 8.30. The number of urea groups is 1. The van der Waals surface area contributed by atoms with Crippen LogP contribution in [0.4, 0.5) is 4.79 Å². The van der Waals surface area contributed by atoms with Gasteiger partial charge >= 0.3 is 12.0 Å². The van der Waals surface area contributed by atoms with Crippen molar-refractivity contribution in [2.75, 3.05) is 18.8 Å². The highest BCUT2D eigenvalue weighted by Crippen LogP contribution is 2.12. The zero-order valence-electron chi connectivity index (χ0n) is 14.1. The first-order valence-electron chi connectivity index (χ1n) is 8.15. The second-order valence-corrected chi connectivity index (χ2v) is 7.99. The van der Waals surface area contributed by atoms with E-state index >= 15 is 0 Å². The molecule has 0 aromatic heterocycles. The molecule has 1 aliphatic rings. The Balaban J connectivity index is 1.78. The number of hydrogen-bond donors (Lipinski definition) is 3. The zero-order chi connectivity index (χ0) is 18.4. The molecule has 0 unspecified atom stereocenters. The van der Waals surface area contributed by atoms with Crippen molar-refractivity contribution in [2.45, 2.75) is 32.4 Å². The summed E-state index contributed by atoms with van der Waals surface area (Å²) in [6.45, 7) is 2.87. The number of likely N-dealkylation sites (tertiary alicyclic amines) is 1. The highest BCUT2D eigenvalue weighted by Gasteiger charge is 2.25. The highest BCUT2D eigenvalue weighted by molar-refractivity contribution is 7.89. The van der Waals surface area contributed by atoms with Gasteiger partial charge in [-0.15, -0.1) is 0 Å². The van der Waals surface area contributed by atoms with Crippen LogP contribution < -0.4 is 10.0 Å². The number of nitrogens with one attached hydrogen (secondary N) is 2. The van der Waals surface area contributed by atoms with Crippen molar-refractivity contribution in [3.8, 4) is 0 Å². The Hall–Kier alpha value is -2.13. The summed E-state index contributed by atoms with van der Waals surface area (Å²) in [4.78, 5) is 24.6. The van der Waals surface area contributed by atoms with Gasteiger partial charge in [0.05, 0.1) is 11.3 Å². The number of piperidine rings is 1. The molecule has 0 bridgehead atoms. The molecule has 1 saturated heterocycles. The fourth-order valence-corrected chi connectivity index (χ4v) is 3.50. The molecule has 0 aliphatic carbocycles. The Morgan fingerprint density at radius 3 is 2.32 bits per heavy atom. The first-order chi connectivity index (χ1) is 11.8. The summed E-state index contributed by atoms with van der Waals surface area (Å²) in [6.07, 6.45) is 1.17. The minimum atomic E-state index is -3.22.